The van der Waals surface area contributed by atoms with Gasteiger partial charge in [-0.2, -0.15) is 0 Å². The molecule has 0 bridgehead atoms. The Hall–Kier alpha value is -2.73. The number of urea groups is 1. The minimum Gasteiger partial charge on any atom is -0.497 e. The van der Waals surface area contributed by atoms with Gasteiger partial charge in [-0.1, -0.05) is 24.3 Å². The lowest BCUT2D eigenvalue weighted by molar-refractivity contribution is 0.172. The van der Waals surface area contributed by atoms with Gasteiger partial charge in [0.2, 0.25) is 0 Å². The van der Waals surface area contributed by atoms with E-state index in [4.69, 9.17) is 14.2 Å². The molecule has 2 N–H and O–H groups in total. The van der Waals surface area contributed by atoms with E-state index in [-0.39, 0.29) is 6.03 Å². The second-order valence-corrected chi connectivity index (χ2v) is 5.67. The molecule has 0 saturated carbocycles. The Labute approximate surface area is 154 Å². The number of para-hydroxylation sites is 2. The van der Waals surface area contributed by atoms with Gasteiger partial charge in [-0.15, -0.1) is 0 Å². The van der Waals surface area contributed by atoms with Crippen molar-refractivity contribution in [2.24, 2.45) is 0 Å². The predicted molar refractivity (Wildman–Crippen MR) is 102 cm³/mol. The Balaban J connectivity index is 1.78. The third-order valence-electron chi connectivity index (χ3n) is 3.74. The Kier molecular flexibility index (Phi) is 8.29. The van der Waals surface area contributed by atoms with Crippen LogP contribution in [0.2, 0.25) is 0 Å². The molecule has 140 valence electrons. The van der Waals surface area contributed by atoms with E-state index in [1.165, 1.54) is 0 Å². The lowest BCUT2D eigenvalue weighted by Gasteiger charge is -2.13. The third kappa shape index (κ3) is 6.64. The van der Waals surface area contributed by atoms with Crippen molar-refractivity contribution in [3.8, 4) is 11.5 Å². The summed E-state index contributed by atoms with van der Waals surface area (Å²) in [7, 11) is 3.30. The van der Waals surface area contributed by atoms with Crippen molar-refractivity contribution in [2.75, 3.05) is 39.3 Å². The van der Waals surface area contributed by atoms with E-state index in [1.807, 2.05) is 48.5 Å². The van der Waals surface area contributed by atoms with Crippen molar-refractivity contribution < 1.29 is 19.0 Å². The Morgan fingerprint density at radius 1 is 1.00 bits per heavy atom. The van der Waals surface area contributed by atoms with Crippen LogP contribution in [0, 0.1) is 0 Å². The van der Waals surface area contributed by atoms with Crippen molar-refractivity contribution in [2.45, 2.75) is 12.8 Å². The molecule has 6 heteroatoms. The molecule has 2 aromatic rings. The number of ether oxygens (including phenoxy) is 3. The van der Waals surface area contributed by atoms with E-state index in [0.717, 1.165) is 24.2 Å². The standard InChI is InChI=1S/C20H26N2O4/c1-24-14-5-15-26-19-7-4-3-6-18(19)22-20(23)21-13-12-16-8-10-17(25-2)11-9-16/h3-4,6-11H,5,12-15H2,1-2H3,(H2,21,22,23). The first-order valence-electron chi connectivity index (χ1n) is 8.61. The number of hydrogen-bond acceptors (Lipinski definition) is 4. The van der Waals surface area contributed by atoms with Gasteiger partial charge < -0.3 is 24.8 Å². The number of methoxy groups -OCH3 is 2. The number of carbonyl (C=O) groups is 1. The normalized spacial score (nSPS) is 10.2. The van der Waals surface area contributed by atoms with Crippen LogP contribution in [-0.2, 0) is 11.2 Å². The van der Waals surface area contributed by atoms with Crippen molar-refractivity contribution in [1.29, 1.82) is 0 Å². The van der Waals surface area contributed by atoms with Gasteiger partial charge in [0.05, 0.1) is 19.4 Å². The van der Waals surface area contributed by atoms with Crippen molar-refractivity contribution in [3.05, 3.63) is 54.1 Å². The summed E-state index contributed by atoms with van der Waals surface area (Å²) in [5, 5.41) is 5.68. The molecule has 6 nitrogen and oxygen atoms in total. The zero-order valence-electron chi connectivity index (χ0n) is 15.3. The van der Waals surface area contributed by atoms with Gasteiger partial charge in [0.25, 0.3) is 0 Å². The number of rotatable bonds is 10. The molecule has 0 fully saturated rings. The minimum atomic E-state index is -0.258. The highest BCUT2D eigenvalue weighted by atomic mass is 16.5. The monoisotopic (exact) mass is 358 g/mol. The molecular weight excluding hydrogens is 332 g/mol. The molecule has 0 aromatic heterocycles. The molecule has 0 heterocycles. The van der Waals surface area contributed by atoms with Gasteiger partial charge in [0, 0.05) is 26.7 Å². The highest BCUT2D eigenvalue weighted by Crippen LogP contribution is 2.23. The maximum atomic E-state index is 12.1. The van der Waals surface area contributed by atoms with E-state index in [0.29, 0.717) is 31.2 Å². The van der Waals surface area contributed by atoms with Gasteiger partial charge >= 0.3 is 6.03 Å². The SMILES string of the molecule is COCCCOc1ccccc1NC(=O)NCCc1ccc(OC)cc1. The highest BCUT2D eigenvalue weighted by molar-refractivity contribution is 5.90. The molecule has 2 rings (SSSR count). The largest absolute Gasteiger partial charge is 0.497 e. The second kappa shape index (κ2) is 11.0. The summed E-state index contributed by atoms with van der Waals surface area (Å²) < 4.78 is 15.8. The average molecular weight is 358 g/mol. The van der Waals surface area contributed by atoms with E-state index in [2.05, 4.69) is 10.6 Å². The minimum absolute atomic E-state index is 0.258. The molecule has 26 heavy (non-hydrogen) atoms. The first-order chi connectivity index (χ1) is 12.7. The molecule has 0 aliphatic carbocycles. The molecule has 0 radical (unpaired) electrons. The van der Waals surface area contributed by atoms with Crippen LogP contribution < -0.4 is 20.1 Å². The van der Waals surface area contributed by atoms with Crippen LogP contribution in [0.15, 0.2) is 48.5 Å². The third-order valence-corrected chi connectivity index (χ3v) is 3.74. The summed E-state index contributed by atoms with van der Waals surface area (Å²) in [6.45, 7) is 1.71. The number of anilines is 1. The number of amides is 2. The fourth-order valence-corrected chi connectivity index (χ4v) is 2.36. The molecule has 2 amide bonds. The number of nitrogens with one attached hydrogen (secondary N) is 2. The second-order valence-electron chi connectivity index (χ2n) is 5.67. The van der Waals surface area contributed by atoms with E-state index in [9.17, 15) is 4.79 Å². The lowest BCUT2D eigenvalue weighted by Crippen LogP contribution is -2.30. The maximum Gasteiger partial charge on any atom is 0.319 e. The summed E-state index contributed by atoms with van der Waals surface area (Å²) in [6.07, 6.45) is 1.53. The zero-order valence-corrected chi connectivity index (χ0v) is 15.3. The molecular formula is C20H26N2O4. The lowest BCUT2D eigenvalue weighted by atomic mass is 10.1. The molecule has 0 spiro atoms. The molecule has 0 atom stereocenters. The number of benzene rings is 2. The summed E-state index contributed by atoms with van der Waals surface area (Å²) >= 11 is 0. The highest BCUT2D eigenvalue weighted by Gasteiger charge is 2.07. The molecule has 0 saturated heterocycles. The molecule has 0 aliphatic heterocycles. The van der Waals surface area contributed by atoms with Crippen LogP contribution in [0.5, 0.6) is 11.5 Å². The first-order valence-corrected chi connectivity index (χ1v) is 8.61. The quantitative estimate of drug-likeness (QED) is 0.638. The van der Waals surface area contributed by atoms with E-state index >= 15 is 0 Å². The molecule has 2 aromatic carbocycles. The fraction of sp³-hybridized carbons (Fsp3) is 0.350. The van der Waals surface area contributed by atoms with E-state index in [1.54, 1.807) is 14.2 Å². The van der Waals surface area contributed by atoms with Crippen LogP contribution >= 0.6 is 0 Å². The van der Waals surface area contributed by atoms with Crippen LogP contribution in [0.3, 0.4) is 0 Å². The summed E-state index contributed by atoms with van der Waals surface area (Å²) in [6, 6.07) is 14.9. The fourth-order valence-electron chi connectivity index (χ4n) is 2.36. The van der Waals surface area contributed by atoms with Crippen LogP contribution in [0.1, 0.15) is 12.0 Å². The van der Waals surface area contributed by atoms with Gasteiger partial charge in [-0.3, -0.25) is 0 Å². The van der Waals surface area contributed by atoms with Gasteiger partial charge in [0.15, 0.2) is 0 Å². The van der Waals surface area contributed by atoms with Gasteiger partial charge in [-0.05, 0) is 36.2 Å². The van der Waals surface area contributed by atoms with Gasteiger partial charge in [-0.25, -0.2) is 4.79 Å². The maximum absolute atomic E-state index is 12.1. The zero-order chi connectivity index (χ0) is 18.6. The Morgan fingerprint density at radius 3 is 2.50 bits per heavy atom. The Bertz CT molecular complexity index is 674. The van der Waals surface area contributed by atoms with Crippen LogP contribution in [-0.4, -0.2) is 40.0 Å². The summed E-state index contributed by atoms with van der Waals surface area (Å²) in [4.78, 5) is 12.1. The number of carbonyl (C=O) groups excluding carboxylic acids is 1. The summed E-state index contributed by atoms with van der Waals surface area (Å²) in [5.41, 5.74) is 1.78. The van der Waals surface area contributed by atoms with Gasteiger partial charge in [0.1, 0.15) is 11.5 Å². The number of hydrogen-bond donors (Lipinski definition) is 2. The average Bonchev–Trinajstić information content (AvgIpc) is 2.67. The van der Waals surface area contributed by atoms with Crippen molar-refractivity contribution in [3.63, 3.8) is 0 Å². The van der Waals surface area contributed by atoms with Crippen molar-refractivity contribution in [1.82, 2.24) is 5.32 Å². The molecule has 0 unspecified atom stereocenters. The summed E-state index contributed by atoms with van der Waals surface area (Å²) in [5.74, 6) is 1.47. The van der Waals surface area contributed by atoms with Crippen LogP contribution in [0.4, 0.5) is 10.5 Å². The van der Waals surface area contributed by atoms with Crippen molar-refractivity contribution >= 4 is 11.7 Å². The first kappa shape index (κ1) is 19.6. The van der Waals surface area contributed by atoms with Crippen LogP contribution in [0.25, 0.3) is 0 Å². The topological polar surface area (TPSA) is 68.8 Å². The Morgan fingerprint density at radius 2 is 1.77 bits per heavy atom. The van der Waals surface area contributed by atoms with E-state index < -0.39 is 0 Å². The molecule has 0 aliphatic rings. The predicted octanol–water partition coefficient (Wildman–Crippen LogP) is 3.47. The smallest absolute Gasteiger partial charge is 0.319 e.